The fraction of sp³-hybridized carbons (Fsp3) is 0.222. The first kappa shape index (κ1) is 15.3. The molecule has 1 aromatic heterocycles. The Morgan fingerprint density at radius 2 is 2.12 bits per heavy atom. The summed E-state index contributed by atoms with van der Waals surface area (Å²) in [6.07, 6.45) is 3.48. The third-order valence-corrected chi connectivity index (χ3v) is 4.70. The number of aromatic nitrogens is 3. The van der Waals surface area contributed by atoms with Crippen LogP contribution in [0.2, 0.25) is 5.02 Å². The summed E-state index contributed by atoms with van der Waals surface area (Å²) in [5.41, 5.74) is 4.16. The number of fused-ring (bicyclic) bond motifs is 1. The maximum Gasteiger partial charge on any atom is 0.138 e. The second-order valence-corrected chi connectivity index (χ2v) is 6.38. The van der Waals surface area contributed by atoms with Gasteiger partial charge in [0.15, 0.2) is 0 Å². The Kier molecular flexibility index (Phi) is 4.06. The van der Waals surface area contributed by atoms with Crippen LogP contribution in [-0.4, -0.2) is 25.9 Å². The lowest BCUT2D eigenvalue weighted by Crippen LogP contribution is -2.32. The molecule has 0 aliphatic heterocycles. The number of halogens is 1. The Morgan fingerprint density at radius 1 is 1.25 bits per heavy atom. The van der Waals surface area contributed by atoms with E-state index in [-0.39, 0.29) is 6.04 Å². The van der Waals surface area contributed by atoms with E-state index in [1.165, 1.54) is 11.9 Å². The molecule has 6 heteroatoms. The lowest BCUT2D eigenvalue weighted by molar-refractivity contribution is 0.141. The highest BCUT2D eigenvalue weighted by molar-refractivity contribution is 6.30. The highest BCUT2D eigenvalue weighted by Gasteiger charge is 2.30. The largest absolute Gasteiger partial charge is 0.387 e. The van der Waals surface area contributed by atoms with E-state index >= 15 is 0 Å². The summed E-state index contributed by atoms with van der Waals surface area (Å²) in [5.74, 6) is 0. The molecular weight excluding hydrogens is 324 g/mol. The number of nitrogens with zero attached hydrogens (tertiary/aromatic N) is 3. The molecule has 24 heavy (non-hydrogen) atoms. The van der Waals surface area contributed by atoms with Crippen LogP contribution in [0.3, 0.4) is 0 Å². The van der Waals surface area contributed by atoms with Crippen LogP contribution in [0.4, 0.5) is 0 Å². The molecule has 0 fully saturated rings. The van der Waals surface area contributed by atoms with Gasteiger partial charge in [0, 0.05) is 17.6 Å². The molecule has 122 valence electrons. The lowest BCUT2D eigenvalue weighted by Gasteiger charge is -2.18. The molecule has 2 N–H and O–H groups in total. The fourth-order valence-electron chi connectivity index (χ4n) is 3.23. The molecule has 2 aromatic carbocycles. The van der Waals surface area contributed by atoms with Gasteiger partial charge in [-0.05, 0) is 35.2 Å². The van der Waals surface area contributed by atoms with Gasteiger partial charge in [-0.15, -0.1) is 0 Å². The molecule has 0 amide bonds. The van der Waals surface area contributed by atoms with Crippen LogP contribution >= 0.6 is 11.6 Å². The normalized spacial score (nSPS) is 19.4. The number of hydrogen-bond acceptors (Lipinski definition) is 4. The lowest BCUT2D eigenvalue weighted by atomic mass is 10.1. The van der Waals surface area contributed by atoms with Crippen molar-refractivity contribution in [2.24, 2.45) is 0 Å². The average molecular weight is 341 g/mol. The highest BCUT2D eigenvalue weighted by atomic mass is 35.5. The van der Waals surface area contributed by atoms with E-state index in [1.54, 1.807) is 11.0 Å². The van der Waals surface area contributed by atoms with Crippen molar-refractivity contribution in [3.05, 3.63) is 76.8 Å². The molecule has 0 bridgehead atoms. The standard InChI is InChI=1S/C18H17ClN4O/c19-14-6-5-13(17(8-14)23-11-20-10-22-23)9-21-16-7-12-3-1-2-4-15(12)18(16)24/h1-6,8,10-11,16,18,21,24H,7,9H2/t16-,18-/m0/s1. The number of benzene rings is 2. The first-order valence-corrected chi connectivity index (χ1v) is 8.23. The molecular formula is C18H17ClN4O. The molecule has 0 saturated carbocycles. The first-order valence-electron chi connectivity index (χ1n) is 7.85. The minimum Gasteiger partial charge on any atom is -0.387 e. The average Bonchev–Trinajstić information content (AvgIpc) is 3.23. The maximum absolute atomic E-state index is 10.5. The zero-order valence-corrected chi connectivity index (χ0v) is 13.7. The van der Waals surface area contributed by atoms with E-state index in [9.17, 15) is 5.11 Å². The van der Waals surface area contributed by atoms with Gasteiger partial charge in [-0.1, -0.05) is 41.9 Å². The first-order chi connectivity index (χ1) is 11.7. The molecule has 5 nitrogen and oxygen atoms in total. The Hall–Kier alpha value is -2.21. The number of aliphatic hydroxyl groups is 1. The van der Waals surface area contributed by atoms with Gasteiger partial charge in [-0.25, -0.2) is 9.67 Å². The highest BCUT2D eigenvalue weighted by Crippen LogP contribution is 2.31. The van der Waals surface area contributed by atoms with Gasteiger partial charge in [-0.2, -0.15) is 5.10 Å². The summed E-state index contributed by atoms with van der Waals surface area (Å²) in [4.78, 5) is 3.99. The third kappa shape index (κ3) is 2.82. The monoisotopic (exact) mass is 340 g/mol. The Balaban J connectivity index is 1.53. The minimum absolute atomic E-state index is 0.00155. The van der Waals surface area contributed by atoms with Gasteiger partial charge in [0.05, 0.1) is 11.8 Å². The van der Waals surface area contributed by atoms with E-state index in [0.29, 0.717) is 11.6 Å². The van der Waals surface area contributed by atoms with Crippen molar-refractivity contribution < 1.29 is 5.11 Å². The van der Waals surface area contributed by atoms with Crippen molar-refractivity contribution in [2.45, 2.75) is 25.1 Å². The van der Waals surface area contributed by atoms with Gasteiger partial charge in [0.25, 0.3) is 0 Å². The van der Waals surface area contributed by atoms with Gasteiger partial charge in [0.2, 0.25) is 0 Å². The van der Waals surface area contributed by atoms with Gasteiger partial charge >= 0.3 is 0 Å². The van der Waals surface area contributed by atoms with E-state index < -0.39 is 6.10 Å². The molecule has 2 atom stereocenters. The van der Waals surface area contributed by atoms with E-state index in [4.69, 9.17) is 11.6 Å². The fourth-order valence-corrected chi connectivity index (χ4v) is 3.40. The van der Waals surface area contributed by atoms with Crippen LogP contribution in [0.5, 0.6) is 0 Å². The summed E-state index contributed by atoms with van der Waals surface area (Å²) < 4.78 is 1.70. The molecule has 0 unspecified atom stereocenters. The Morgan fingerprint density at radius 3 is 2.92 bits per heavy atom. The van der Waals surface area contributed by atoms with Crippen molar-refractivity contribution in [1.29, 1.82) is 0 Å². The van der Waals surface area contributed by atoms with E-state index in [2.05, 4.69) is 21.5 Å². The van der Waals surface area contributed by atoms with Crippen LogP contribution in [0.25, 0.3) is 5.69 Å². The molecule has 4 rings (SSSR count). The molecule has 0 spiro atoms. The zero-order valence-electron chi connectivity index (χ0n) is 12.9. The van der Waals surface area contributed by atoms with Crippen molar-refractivity contribution in [3.63, 3.8) is 0 Å². The summed E-state index contributed by atoms with van der Waals surface area (Å²) in [7, 11) is 0. The van der Waals surface area contributed by atoms with E-state index in [1.807, 2.05) is 36.4 Å². The molecule has 1 aliphatic rings. The molecule has 3 aromatic rings. The van der Waals surface area contributed by atoms with Crippen LogP contribution in [0.1, 0.15) is 22.8 Å². The van der Waals surface area contributed by atoms with Crippen molar-refractivity contribution >= 4 is 11.6 Å². The predicted octanol–water partition coefficient (Wildman–Crippen LogP) is 2.67. The second kappa shape index (κ2) is 6.36. The van der Waals surface area contributed by atoms with Crippen molar-refractivity contribution in [2.75, 3.05) is 0 Å². The summed E-state index contributed by atoms with van der Waals surface area (Å²) >= 11 is 6.12. The summed E-state index contributed by atoms with van der Waals surface area (Å²) in [5, 5.41) is 18.8. The van der Waals surface area contributed by atoms with Crippen LogP contribution < -0.4 is 5.32 Å². The molecule has 0 radical (unpaired) electrons. The second-order valence-electron chi connectivity index (χ2n) is 5.95. The Labute approximate surface area is 144 Å². The maximum atomic E-state index is 10.5. The number of hydrogen-bond donors (Lipinski definition) is 2. The van der Waals surface area contributed by atoms with Crippen molar-refractivity contribution in [3.8, 4) is 5.69 Å². The zero-order chi connectivity index (χ0) is 16.5. The van der Waals surface area contributed by atoms with Crippen LogP contribution in [0.15, 0.2) is 55.1 Å². The van der Waals surface area contributed by atoms with Gasteiger partial charge < -0.3 is 10.4 Å². The van der Waals surface area contributed by atoms with Crippen LogP contribution in [0, 0.1) is 0 Å². The Bertz CT molecular complexity index is 850. The van der Waals surface area contributed by atoms with Crippen molar-refractivity contribution in [1.82, 2.24) is 20.1 Å². The smallest absolute Gasteiger partial charge is 0.138 e. The van der Waals surface area contributed by atoms with Gasteiger partial charge in [-0.3, -0.25) is 0 Å². The third-order valence-electron chi connectivity index (χ3n) is 4.46. The number of nitrogens with one attached hydrogen (secondary N) is 1. The topological polar surface area (TPSA) is 63.0 Å². The number of rotatable bonds is 4. The molecule has 1 heterocycles. The molecule has 0 saturated heterocycles. The minimum atomic E-state index is -0.483. The number of aliphatic hydroxyl groups excluding tert-OH is 1. The quantitative estimate of drug-likeness (QED) is 0.766. The summed E-state index contributed by atoms with van der Waals surface area (Å²) in [6.45, 7) is 0.613. The van der Waals surface area contributed by atoms with Gasteiger partial charge in [0.1, 0.15) is 12.7 Å². The van der Waals surface area contributed by atoms with Crippen LogP contribution in [-0.2, 0) is 13.0 Å². The predicted molar refractivity (Wildman–Crippen MR) is 92.1 cm³/mol. The summed E-state index contributed by atoms with van der Waals surface area (Å²) in [6, 6.07) is 13.7. The molecule has 1 aliphatic carbocycles. The van der Waals surface area contributed by atoms with E-state index in [0.717, 1.165) is 23.2 Å². The SMILES string of the molecule is O[C@H]1c2ccccc2C[C@@H]1NCc1ccc(Cl)cc1-n1cncn1.